The van der Waals surface area contributed by atoms with Crippen molar-refractivity contribution in [2.75, 3.05) is 13.1 Å². The van der Waals surface area contributed by atoms with Crippen molar-refractivity contribution >= 4 is 45.9 Å². The molecular weight excluding hydrogens is 538 g/mol. The third-order valence-corrected chi connectivity index (χ3v) is 4.11. The number of benzene rings is 1. The number of nitrogens with zero attached hydrogens (tertiary/aromatic N) is 3. The van der Waals surface area contributed by atoms with Crippen LogP contribution in [-0.2, 0) is 13.0 Å². The molecule has 5 nitrogen and oxygen atoms in total. The van der Waals surface area contributed by atoms with E-state index in [-0.39, 0.29) is 42.2 Å². The van der Waals surface area contributed by atoms with Crippen molar-refractivity contribution in [2.45, 2.75) is 32.9 Å². The summed E-state index contributed by atoms with van der Waals surface area (Å²) in [4.78, 5) is 8.17. The van der Waals surface area contributed by atoms with Gasteiger partial charge in [0.1, 0.15) is 18.2 Å². The summed E-state index contributed by atoms with van der Waals surface area (Å²) in [7, 11) is 0. The first kappa shape index (κ1) is 23.7. The molecule has 1 heterocycles. The monoisotopic (exact) mass is 559 g/mol. The molecule has 1 aromatic carbocycles. The Hall–Kier alpha value is -1.30. The molecule has 0 aliphatic heterocycles. The molecule has 0 bridgehead atoms. The molecule has 150 valence electrons. The topological polar surface area (TPSA) is 54.2 Å². The van der Waals surface area contributed by atoms with Crippen LogP contribution in [0.5, 0.6) is 0 Å². The second kappa shape index (κ2) is 12.2. The fraction of sp³-hybridized carbons (Fsp3) is 0.412. The number of aromatic nitrogens is 2. The summed E-state index contributed by atoms with van der Waals surface area (Å²) in [6, 6.07) is 5.00. The fourth-order valence-electron chi connectivity index (χ4n) is 2.35. The van der Waals surface area contributed by atoms with E-state index in [1.807, 2.05) is 13.0 Å². The highest BCUT2D eigenvalue weighted by Crippen LogP contribution is 2.16. The summed E-state index contributed by atoms with van der Waals surface area (Å²) in [5.74, 6) is 0.459. The van der Waals surface area contributed by atoms with Gasteiger partial charge < -0.3 is 10.6 Å². The Morgan fingerprint density at radius 3 is 2.78 bits per heavy atom. The van der Waals surface area contributed by atoms with E-state index in [1.165, 1.54) is 18.5 Å². The van der Waals surface area contributed by atoms with E-state index >= 15 is 0 Å². The van der Waals surface area contributed by atoms with Gasteiger partial charge in [0.25, 0.3) is 0 Å². The molecule has 0 fully saturated rings. The van der Waals surface area contributed by atoms with Crippen LogP contribution in [0.1, 0.15) is 31.3 Å². The number of imidazole rings is 1. The van der Waals surface area contributed by atoms with E-state index < -0.39 is 6.55 Å². The molecule has 0 saturated carbocycles. The van der Waals surface area contributed by atoms with Crippen LogP contribution in [0.25, 0.3) is 0 Å². The maximum absolute atomic E-state index is 13.8. The van der Waals surface area contributed by atoms with Crippen molar-refractivity contribution in [2.24, 2.45) is 4.99 Å². The molecule has 2 rings (SSSR count). The van der Waals surface area contributed by atoms with Crippen LogP contribution in [0.2, 0.25) is 0 Å². The molecule has 1 aromatic heterocycles. The van der Waals surface area contributed by atoms with Crippen molar-refractivity contribution in [1.29, 1.82) is 0 Å². The standard InChI is InChI=1S/C17H21BrF3N5.HI/c1-2-22-17(25-11-15-23-8-9-26(15)16(20)21)24-7-3-4-12-5-6-13(18)10-14(12)19;/h5-6,8-10,16H,2-4,7,11H2,1H3,(H2,22,24,25);1H. The first-order chi connectivity index (χ1) is 12.5. The number of alkyl halides is 2. The lowest BCUT2D eigenvalue weighted by Gasteiger charge is -2.12. The Morgan fingerprint density at radius 1 is 1.33 bits per heavy atom. The number of aryl methyl sites for hydroxylation is 1. The van der Waals surface area contributed by atoms with E-state index in [0.717, 1.165) is 4.57 Å². The van der Waals surface area contributed by atoms with Gasteiger partial charge in [0.2, 0.25) is 0 Å². The largest absolute Gasteiger partial charge is 0.357 e. The van der Waals surface area contributed by atoms with Crippen LogP contribution in [-0.4, -0.2) is 28.6 Å². The summed E-state index contributed by atoms with van der Waals surface area (Å²) in [6.45, 7) is 0.517. The van der Waals surface area contributed by atoms with Gasteiger partial charge in [-0.15, -0.1) is 24.0 Å². The number of hydrogen-bond donors (Lipinski definition) is 2. The Bertz CT molecular complexity index is 739. The van der Waals surface area contributed by atoms with Crippen LogP contribution < -0.4 is 10.6 Å². The number of rotatable bonds is 8. The van der Waals surface area contributed by atoms with Crippen molar-refractivity contribution < 1.29 is 13.2 Å². The van der Waals surface area contributed by atoms with Gasteiger partial charge in [-0.05, 0) is 37.5 Å². The zero-order chi connectivity index (χ0) is 18.9. The predicted molar refractivity (Wildman–Crippen MR) is 114 cm³/mol. The summed E-state index contributed by atoms with van der Waals surface area (Å²) < 4.78 is 40.9. The normalized spacial score (nSPS) is 11.4. The molecule has 2 N–H and O–H groups in total. The lowest BCUT2D eigenvalue weighted by Crippen LogP contribution is -2.38. The van der Waals surface area contributed by atoms with Crippen LogP contribution in [0.3, 0.4) is 0 Å². The van der Waals surface area contributed by atoms with Gasteiger partial charge in [0, 0.05) is 30.0 Å². The first-order valence-electron chi connectivity index (χ1n) is 8.27. The van der Waals surface area contributed by atoms with Gasteiger partial charge in [0.05, 0.1) is 0 Å². The first-order valence-corrected chi connectivity index (χ1v) is 9.06. The minimum Gasteiger partial charge on any atom is -0.357 e. The minimum absolute atomic E-state index is 0. The summed E-state index contributed by atoms with van der Waals surface area (Å²) >= 11 is 3.23. The number of halogens is 5. The van der Waals surface area contributed by atoms with Gasteiger partial charge in [0.15, 0.2) is 5.96 Å². The lowest BCUT2D eigenvalue weighted by atomic mass is 10.1. The van der Waals surface area contributed by atoms with E-state index in [0.29, 0.717) is 41.9 Å². The number of guanidine groups is 1. The van der Waals surface area contributed by atoms with Gasteiger partial charge >= 0.3 is 6.55 Å². The highest BCUT2D eigenvalue weighted by Gasteiger charge is 2.11. The molecular formula is C17H22BrF3IN5. The van der Waals surface area contributed by atoms with E-state index in [2.05, 4.69) is 36.5 Å². The Labute approximate surface area is 182 Å². The third kappa shape index (κ3) is 7.68. The highest BCUT2D eigenvalue weighted by molar-refractivity contribution is 14.0. The summed E-state index contributed by atoms with van der Waals surface area (Å²) in [6.07, 6.45) is 3.84. The van der Waals surface area contributed by atoms with Crippen molar-refractivity contribution in [1.82, 2.24) is 20.2 Å². The molecule has 0 aliphatic carbocycles. The second-order valence-electron chi connectivity index (χ2n) is 5.49. The van der Waals surface area contributed by atoms with E-state index in [9.17, 15) is 13.2 Å². The molecule has 2 aromatic rings. The Balaban J connectivity index is 0.00000364. The molecule has 0 radical (unpaired) electrons. The Kier molecular flexibility index (Phi) is 10.7. The van der Waals surface area contributed by atoms with E-state index in [4.69, 9.17) is 0 Å². The van der Waals surface area contributed by atoms with Crippen molar-refractivity contribution in [3.8, 4) is 0 Å². The molecule has 0 saturated heterocycles. The number of hydrogen-bond acceptors (Lipinski definition) is 2. The lowest BCUT2D eigenvalue weighted by molar-refractivity contribution is 0.0671. The zero-order valence-corrected chi connectivity index (χ0v) is 18.7. The van der Waals surface area contributed by atoms with Gasteiger partial charge in [-0.2, -0.15) is 8.78 Å². The molecule has 0 atom stereocenters. The maximum Gasteiger partial charge on any atom is 0.319 e. The smallest absolute Gasteiger partial charge is 0.319 e. The molecule has 0 unspecified atom stereocenters. The SMILES string of the molecule is CCNC(=NCc1nccn1C(F)F)NCCCc1ccc(Br)cc1F.I. The van der Waals surface area contributed by atoms with Crippen molar-refractivity contribution in [3.63, 3.8) is 0 Å². The number of nitrogens with one attached hydrogen (secondary N) is 2. The van der Waals surface area contributed by atoms with Gasteiger partial charge in [-0.25, -0.2) is 14.4 Å². The average molecular weight is 560 g/mol. The zero-order valence-electron chi connectivity index (χ0n) is 14.8. The van der Waals surface area contributed by atoms with Gasteiger partial charge in [-0.3, -0.25) is 4.57 Å². The van der Waals surface area contributed by atoms with E-state index in [1.54, 1.807) is 6.07 Å². The van der Waals surface area contributed by atoms with Crippen LogP contribution >= 0.6 is 39.9 Å². The Morgan fingerprint density at radius 2 is 2.11 bits per heavy atom. The van der Waals surface area contributed by atoms with Crippen LogP contribution in [0.15, 0.2) is 40.1 Å². The van der Waals surface area contributed by atoms with Crippen molar-refractivity contribution in [3.05, 3.63) is 52.3 Å². The summed E-state index contributed by atoms with van der Waals surface area (Å²) in [5.41, 5.74) is 0.649. The third-order valence-electron chi connectivity index (χ3n) is 3.61. The van der Waals surface area contributed by atoms with Crippen LogP contribution in [0, 0.1) is 5.82 Å². The van der Waals surface area contributed by atoms with Gasteiger partial charge in [-0.1, -0.05) is 22.0 Å². The number of aliphatic imine (C=N–C) groups is 1. The molecule has 10 heteroatoms. The average Bonchev–Trinajstić information content (AvgIpc) is 3.06. The highest BCUT2D eigenvalue weighted by atomic mass is 127. The summed E-state index contributed by atoms with van der Waals surface area (Å²) in [5, 5.41) is 6.16. The molecule has 0 aliphatic rings. The molecule has 27 heavy (non-hydrogen) atoms. The maximum atomic E-state index is 13.8. The molecule has 0 spiro atoms. The minimum atomic E-state index is -2.64. The van der Waals surface area contributed by atoms with Crippen LogP contribution in [0.4, 0.5) is 13.2 Å². The quantitative estimate of drug-likeness (QED) is 0.217. The molecule has 0 amide bonds. The second-order valence-corrected chi connectivity index (χ2v) is 6.41. The fourth-order valence-corrected chi connectivity index (χ4v) is 2.68. The predicted octanol–water partition coefficient (Wildman–Crippen LogP) is 4.49.